The van der Waals surface area contributed by atoms with Crippen molar-refractivity contribution in [2.24, 2.45) is 5.41 Å². The normalized spacial score (nSPS) is 21.4. The van der Waals surface area contributed by atoms with Gasteiger partial charge >= 0.3 is 6.03 Å². The summed E-state index contributed by atoms with van der Waals surface area (Å²) < 4.78 is 0. The molecular weight excluding hydrogens is 460 g/mol. The van der Waals surface area contributed by atoms with Gasteiger partial charge in [-0.15, -0.1) is 0 Å². The predicted octanol–water partition coefficient (Wildman–Crippen LogP) is 3.64. The largest absolute Gasteiger partial charge is 0.366 e. The fourth-order valence-electron chi connectivity index (χ4n) is 5.37. The molecule has 1 spiro atoms. The van der Waals surface area contributed by atoms with Crippen LogP contribution in [0, 0.1) is 15.5 Å². The minimum Gasteiger partial charge on any atom is -0.366 e. The number of nitro groups is 1. The van der Waals surface area contributed by atoms with Crippen molar-refractivity contribution in [2.45, 2.75) is 18.9 Å². The van der Waals surface area contributed by atoms with Gasteiger partial charge in [0.25, 0.3) is 5.69 Å². The lowest BCUT2D eigenvalue weighted by molar-refractivity contribution is -0.384. The molecule has 0 saturated carbocycles. The maximum Gasteiger partial charge on any atom is 0.330 e. The number of nitro benzene ring substituents is 1. The summed E-state index contributed by atoms with van der Waals surface area (Å²) in [7, 11) is 1.76. The monoisotopic (exact) mass is 484 g/mol. The number of benzene rings is 3. The second kappa shape index (κ2) is 8.92. The van der Waals surface area contributed by atoms with Crippen LogP contribution in [0.3, 0.4) is 0 Å². The summed E-state index contributed by atoms with van der Waals surface area (Å²) in [4.78, 5) is 54.5. The van der Waals surface area contributed by atoms with Gasteiger partial charge < -0.3 is 4.90 Å². The number of amides is 4. The van der Waals surface area contributed by atoms with Crippen LogP contribution in [-0.2, 0) is 22.4 Å². The van der Waals surface area contributed by atoms with E-state index in [0.29, 0.717) is 17.7 Å². The zero-order valence-electron chi connectivity index (χ0n) is 19.6. The molecule has 2 atom stereocenters. The van der Waals surface area contributed by atoms with E-state index in [2.05, 4.69) is 5.32 Å². The zero-order chi connectivity index (χ0) is 25.4. The third kappa shape index (κ3) is 3.69. The molecule has 5 rings (SSSR count). The van der Waals surface area contributed by atoms with Gasteiger partial charge in [-0.2, -0.15) is 0 Å². The van der Waals surface area contributed by atoms with Crippen LogP contribution < -0.4 is 10.2 Å². The Balaban J connectivity index is 1.62. The number of barbiturate groups is 1. The molecule has 1 N–H and O–H groups in total. The maximum atomic E-state index is 14.2. The molecule has 3 aromatic rings. The Morgan fingerprint density at radius 2 is 1.67 bits per heavy atom. The average Bonchev–Trinajstić information content (AvgIpc) is 2.88. The van der Waals surface area contributed by atoms with Gasteiger partial charge in [0.05, 0.1) is 11.0 Å². The topological polar surface area (TPSA) is 113 Å². The molecule has 0 bridgehead atoms. The second-order valence-electron chi connectivity index (χ2n) is 9.09. The van der Waals surface area contributed by atoms with E-state index >= 15 is 0 Å². The highest BCUT2D eigenvalue weighted by atomic mass is 16.6. The number of rotatable bonds is 5. The summed E-state index contributed by atoms with van der Waals surface area (Å²) >= 11 is 0. The molecule has 2 heterocycles. The first kappa shape index (κ1) is 23.2. The van der Waals surface area contributed by atoms with Crippen molar-refractivity contribution in [2.75, 3.05) is 18.5 Å². The predicted molar refractivity (Wildman–Crippen MR) is 132 cm³/mol. The highest BCUT2D eigenvalue weighted by Crippen LogP contribution is 2.51. The third-order valence-electron chi connectivity index (χ3n) is 7.06. The summed E-state index contributed by atoms with van der Waals surface area (Å²) in [5.74, 6) is -1.31. The lowest BCUT2D eigenvalue weighted by Gasteiger charge is -2.51. The third-order valence-corrected chi connectivity index (χ3v) is 7.06. The quantitative estimate of drug-likeness (QED) is 0.336. The highest BCUT2D eigenvalue weighted by molar-refractivity contribution is 6.20. The Bertz CT molecular complexity index is 1360. The maximum absolute atomic E-state index is 14.2. The van der Waals surface area contributed by atoms with Crippen LogP contribution in [0.25, 0.3) is 0 Å². The molecule has 9 nitrogen and oxygen atoms in total. The number of hydrogen-bond donors (Lipinski definition) is 1. The first-order valence-electron chi connectivity index (χ1n) is 11.6. The fraction of sp³-hybridized carbons (Fsp3) is 0.222. The molecule has 36 heavy (non-hydrogen) atoms. The molecule has 9 heteroatoms. The van der Waals surface area contributed by atoms with Crippen LogP contribution in [0.2, 0.25) is 0 Å². The van der Waals surface area contributed by atoms with Crippen LogP contribution >= 0.6 is 0 Å². The minimum atomic E-state index is -1.69. The molecule has 3 aromatic carbocycles. The second-order valence-corrected chi connectivity index (χ2v) is 9.09. The number of carbonyl (C=O) groups is 3. The van der Waals surface area contributed by atoms with E-state index in [4.69, 9.17) is 0 Å². The smallest absolute Gasteiger partial charge is 0.330 e. The molecule has 0 aliphatic carbocycles. The molecule has 182 valence electrons. The number of carbonyl (C=O) groups excluding carboxylic acids is 3. The average molecular weight is 485 g/mol. The zero-order valence-corrected chi connectivity index (χ0v) is 19.6. The molecule has 0 aromatic heterocycles. The van der Waals surface area contributed by atoms with Crippen LogP contribution in [0.5, 0.6) is 0 Å². The molecular formula is C27H24N4O5. The van der Waals surface area contributed by atoms with E-state index in [1.807, 2.05) is 60.7 Å². The Morgan fingerprint density at radius 3 is 2.33 bits per heavy atom. The first-order valence-corrected chi connectivity index (χ1v) is 11.6. The van der Waals surface area contributed by atoms with Crippen molar-refractivity contribution in [3.05, 3.63) is 106 Å². The Hall–Kier alpha value is -4.53. The van der Waals surface area contributed by atoms with Gasteiger partial charge in [0.1, 0.15) is 0 Å². The standard InChI is InChI=1S/C27H24N4O5/c1-29-22-13-12-21(31(35)36)16-20(22)17-27(23(29)19-10-6-3-7-11-19)24(32)28-26(34)30(25(27)33)15-14-18-8-4-2-5-9-18/h2-13,16,23H,14-15,17H2,1H3,(H,28,32,34)/t23-,27+/m0/s1. The number of imide groups is 2. The van der Waals surface area contributed by atoms with E-state index < -0.39 is 34.2 Å². The van der Waals surface area contributed by atoms with Crippen molar-refractivity contribution < 1.29 is 19.3 Å². The summed E-state index contributed by atoms with van der Waals surface area (Å²) in [6, 6.07) is 21.6. The van der Waals surface area contributed by atoms with Crippen LogP contribution in [0.15, 0.2) is 78.9 Å². The number of anilines is 1. The van der Waals surface area contributed by atoms with Crippen LogP contribution in [0.4, 0.5) is 16.2 Å². The summed E-state index contributed by atoms with van der Waals surface area (Å²) in [5.41, 5.74) is 1.04. The van der Waals surface area contributed by atoms with E-state index in [1.165, 1.54) is 12.1 Å². The number of nitrogens with zero attached hydrogens (tertiary/aromatic N) is 3. The number of nitrogens with one attached hydrogen (secondary N) is 1. The number of hydrogen-bond acceptors (Lipinski definition) is 6. The van der Waals surface area contributed by atoms with Crippen molar-refractivity contribution in [1.82, 2.24) is 10.2 Å². The first-order chi connectivity index (χ1) is 17.3. The van der Waals surface area contributed by atoms with Gasteiger partial charge in [-0.25, -0.2) is 4.79 Å². The molecule has 1 saturated heterocycles. The van der Waals surface area contributed by atoms with Gasteiger partial charge in [0, 0.05) is 37.8 Å². The van der Waals surface area contributed by atoms with Gasteiger partial charge in [-0.3, -0.25) is 29.9 Å². The van der Waals surface area contributed by atoms with E-state index in [0.717, 1.165) is 16.0 Å². The van der Waals surface area contributed by atoms with E-state index in [9.17, 15) is 24.5 Å². The summed E-state index contributed by atoms with van der Waals surface area (Å²) in [6.45, 7) is 0.0940. The van der Waals surface area contributed by atoms with Crippen molar-refractivity contribution in [1.29, 1.82) is 0 Å². The Morgan fingerprint density at radius 1 is 1.00 bits per heavy atom. The van der Waals surface area contributed by atoms with Gasteiger partial charge in [0.15, 0.2) is 5.41 Å². The van der Waals surface area contributed by atoms with Gasteiger partial charge in [-0.05, 0) is 29.2 Å². The lowest BCUT2D eigenvalue weighted by atomic mass is 9.66. The van der Waals surface area contributed by atoms with E-state index in [-0.39, 0.29) is 18.7 Å². The van der Waals surface area contributed by atoms with Crippen molar-refractivity contribution in [3.63, 3.8) is 0 Å². The van der Waals surface area contributed by atoms with Gasteiger partial charge in [-0.1, -0.05) is 60.7 Å². The number of urea groups is 1. The molecule has 0 radical (unpaired) electrons. The van der Waals surface area contributed by atoms with Crippen molar-refractivity contribution >= 4 is 29.2 Å². The van der Waals surface area contributed by atoms with E-state index in [1.54, 1.807) is 18.0 Å². The van der Waals surface area contributed by atoms with Crippen molar-refractivity contribution in [3.8, 4) is 0 Å². The molecule has 2 aliphatic rings. The molecule has 1 fully saturated rings. The number of non-ortho nitro benzene ring substituents is 1. The van der Waals surface area contributed by atoms with Gasteiger partial charge in [0.2, 0.25) is 11.8 Å². The number of fused-ring (bicyclic) bond motifs is 1. The molecule has 2 aliphatic heterocycles. The van der Waals surface area contributed by atoms with Crippen LogP contribution in [-0.4, -0.2) is 41.3 Å². The molecule has 0 unspecified atom stereocenters. The fourth-order valence-corrected chi connectivity index (χ4v) is 5.37. The Labute approximate surface area is 207 Å². The molecule has 4 amide bonds. The SMILES string of the molecule is CN1c2ccc([N+](=O)[O-])cc2C[C@]2(C(=O)NC(=O)N(CCc3ccccc3)C2=O)[C@@H]1c1ccccc1. The summed E-state index contributed by atoms with van der Waals surface area (Å²) in [6.07, 6.45) is 0.353. The minimum absolute atomic E-state index is 0.0757. The highest BCUT2D eigenvalue weighted by Gasteiger charge is 2.62. The summed E-state index contributed by atoms with van der Waals surface area (Å²) in [5, 5.41) is 13.9. The van der Waals surface area contributed by atoms with Crippen LogP contribution in [0.1, 0.15) is 22.7 Å². The lowest BCUT2D eigenvalue weighted by Crippen LogP contribution is -2.69. The Kier molecular flexibility index (Phi) is 5.75.